The molecular formula is C20H22N2O4. The number of ether oxygens (including phenoxy) is 1. The molecule has 26 heavy (non-hydrogen) atoms. The first kappa shape index (κ1) is 18.0. The van der Waals surface area contributed by atoms with Crippen LogP contribution >= 0.6 is 0 Å². The van der Waals surface area contributed by atoms with Crippen LogP contribution in [0.4, 0.5) is 0 Å². The lowest BCUT2D eigenvalue weighted by atomic mass is 10.00. The van der Waals surface area contributed by atoms with Gasteiger partial charge in [-0.05, 0) is 62.8 Å². The molecule has 0 bridgehead atoms. The minimum absolute atomic E-state index is 0.0339. The predicted molar refractivity (Wildman–Crippen MR) is 95.3 cm³/mol. The number of nitrogens with one attached hydrogen (secondary N) is 1. The van der Waals surface area contributed by atoms with Gasteiger partial charge in [-0.1, -0.05) is 0 Å². The third kappa shape index (κ3) is 3.72. The maximum absolute atomic E-state index is 12.1. The molecule has 2 aromatic rings. The third-order valence-corrected chi connectivity index (χ3v) is 5.02. The van der Waals surface area contributed by atoms with Crippen LogP contribution in [0.5, 0.6) is 0 Å². The number of fused-ring (bicyclic) bond motifs is 1. The topological polar surface area (TPSA) is 92.3 Å². The highest BCUT2D eigenvalue weighted by molar-refractivity contribution is 5.88. The first-order valence-electron chi connectivity index (χ1n) is 8.78. The number of carbonyl (C=O) groups excluding carboxylic acids is 2. The molecule has 1 aliphatic rings. The molecule has 1 aromatic heterocycles. The van der Waals surface area contributed by atoms with Crippen molar-refractivity contribution < 1.29 is 18.7 Å². The second-order valence-electron chi connectivity index (χ2n) is 6.98. The lowest BCUT2D eigenvalue weighted by molar-refractivity contribution is -0.148. The maximum atomic E-state index is 12.1. The summed E-state index contributed by atoms with van der Waals surface area (Å²) in [6, 6.07) is 6.10. The van der Waals surface area contributed by atoms with Gasteiger partial charge >= 0.3 is 5.97 Å². The summed E-state index contributed by atoms with van der Waals surface area (Å²) in [6.07, 6.45) is 4.70. The average molecular weight is 354 g/mol. The van der Waals surface area contributed by atoms with Crippen LogP contribution in [0.3, 0.4) is 0 Å². The molecular weight excluding hydrogens is 332 g/mol. The fourth-order valence-corrected chi connectivity index (χ4v) is 3.37. The largest absolute Gasteiger partial charge is 0.464 e. The summed E-state index contributed by atoms with van der Waals surface area (Å²) in [5.41, 5.74) is 2.89. The molecule has 0 radical (unpaired) electrons. The van der Waals surface area contributed by atoms with Gasteiger partial charge in [0.05, 0.1) is 18.8 Å². The lowest BCUT2D eigenvalue weighted by Gasteiger charge is -2.21. The molecule has 1 heterocycles. The first-order chi connectivity index (χ1) is 12.4. The van der Waals surface area contributed by atoms with E-state index in [9.17, 15) is 14.9 Å². The molecule has 1 N–H and O–H groups in total. The standard InChI is InChI=1S/C20H22N2O4/c1-13-7-16-15(10-25-17(16)8-14(13)2)9-19(24)26-11-18(23)22-20(12-21)5-3-4-6-20/h7-8,10H,3-6,9,11H2,1-2H3,(H,22,23). The van der Waals surface area contributed by atoms with Crippen molar-refractivity contribution in [2.45, 2.75) is 51.5 Å². The van der Waals surface area contributed by atoms with E-state index in [2.05, 4.69) is 11.4 Å². The number of benzene rings is 1. The molecule has 0 aliphatic heterocycles. The van der Waals surface area contributed by atoms with Crippen LogP contribution in [0.25, 0.3) is 11.0 Å². The highest BCUT2D eigenvalue weighted by Gasteiger charge is 2.35. The second-order valence-corrected chi connectivity index (χ2v) is 6.98. The van der Waals surface area contributed by atoms with Gasteiger partial charge in [0.1, 0.15) is 11.1 Å². The molecule has 6 nitrogen and oxygen atoms in total. The molecule has 0 saturated heterocycles. The summed E-state index contributed by atoms with van der Waals surface area (Å²) in [4.78, 5) is 24.1. The summed E-state index contributed by atoms with van der Waals surface area (Å²) >= 11 is 0. The number of amides is 1. The minimum Gasteiger partial charge on any atom is -0.464 e. The van der Waals surface area contributed by atoms with Crippen LogP contribution in [-0.2, 0) is 20.7 Å². The van der Waals surface area contributed by atoms with Crippen molar-refractivity contribution in [2.24, 2.45) is 0 Å². The van der Waals surface area contributed by atoms with E-state index in [0.717, 1.165) is 40.5 Å². The molecule has 0 spiro atoms. The quantitative estimate of drug-likeness (QED) is 0.833. The Hall–Kier alpha value is -2.81. The van der Waals surface area contributed by atoms with Gasteiger partial charge in [-0.2, -0.15) is 5.26 Å². The molecule has 1 saturated carbocycles. The van der Waals surface area contributed by atoms with Crippen molar-refractivity contribution in [3.8, 4) is 6.07 Å². The van der Waals surface area contributed by atoms with Gasteiger partial charge in [-0.15, -0.1) is 0 Å². The Morgan fingerprint density at radius 3 is 2.65 bits per heavy atom. The van der Waals surface area contributed by atoms with Gasteiger partial charge < -0.3 is 14.5 Å². The maximum Gasteiger partial charge on any atom is 0.310 e. The van der Waals surface area contributed by atoms with Gasteiger partial charge in [0.25, 0.3) is 5.91 Å². The van der Waals surface area contributed by atoms with E-state index in [0.29, 0.717) is 12.8 Å². The number of rotatable bonds is 5. The average Bonchev–Trinajstić information content (AvgIpc) is 3.22. The summed E-state index contributed by atoms with van der Waals surface area (Å²) in [5.74, 6) is -0.941. The van der Waals surface area contributed by atoms with E-state index in [4.69, 9.17) is 9.15 Å². The third-order valence-electron chi connectivity index (χ3n) is 5.02. The van der Waals surface area contributed by atoms with Crippen molar-refractivity contribution in [3.63, 3.8) is 0 Å². The van der Waals surface area contributed by atoms with Crippen molar-refractivity contribution in [3.05, 3.63) is 35.1 Å². The van der Waals surface area contributed by atoms with Gasteiger partial charge in [0.15, 0.2) is 6.61 Å². The highest BCUT2D eigenvalue weighted by atomic mass is 16.5. The van der Waals surface area contributed by atoms with E-state index in [1.54, 1.807) is 6.26 Å². The molecule has 6 heteroatoms. The number of furan rings is 1. The van der Waals surface area contributed by atoms with Crippen LogP contribution in [0.1, 0.15) is 42.4 Å². The summed E-state index contributed by atoms with van der Waals surface area (Å²) in [5, 5.41) is 12.9. The van der Waals surface area contributed by atoms with Crippen LogP contribution in [-0.4, -0.2) is 24.0 Å². The molecule has 1 aromatic carbocycles. The number of carbonyl (C=O) groups is 2. The van der Waals surface area contributed by atoms with Gasteiger partial charge in [-0.3, -0.25) is 9.59 Å². The Morgan fingerprint density at radius 1 is 1.27 bits per heavy atom. The van der Waals surface area contributed by atoms with E-state index in [-0.39, 0.29) is 13.0 Å². The SMILES string of the molecule is Cc1cc2occ(CC(=O)OCC(=O)NC3(C#N)CCCC3)c2cc1C. The van der Waals surface area contributed by atoms with Crippen molar-refractivity contribution in [1.29, 1.82) is 5.26 Å². The number of nitriles is 1. The molecule has 0 atom stereocenters. The zero-order valence-corrected chi connectivity index (χ0v) is 15.1. The van der Waals surface area contributed by atoms with Gasteiger partial charge in [0, 0.05) is 10.9 Å². The smallest absolute Gasteiger partial charge is 0.310 e. The van der Waals surface area contributed by atoms with Crippen LogP contribution in [0.15, 0.2) is 22.8 Å². The Labute approximate surface area is 152 Å². The van der Waals surface area contributed by atoms with E-state index < -0.39 is 17.4 Å². The number of hydrogen-bond acceptors (Lipinski definition) is 5. The summed E-state index contributed by atoms with van der Waals surface area (Å²) in [6.45, 7) is 3.63. The van der Waals surface area contributed by atoms with Crippen LogP contribution in [0.2, 0.25) is 0 Å². The summed E-state index contributed by atoms with van der Waals surface area (Å²) in [7, 11) is 0. The van der Waals surface area contributed by atoms with Gasteiger partial charge in [-0.25, -0.2) is 0 Å². The van der Waals surface area contributed by atoms with Crippen molar-refractivity contribution in [1.82, 2.24) is 5.32 Å². The number of hydrogen-bond donors (Lipinski definition) is 1. The zero-order chi connectivity index (χ0) is 18.7. The van der Waals surface area contributed by atoms with Crippen molar-refractivity contribution in [2.75, 3.05) is 6.61 Å². The molecule has 0 unspecified atom stereocenters. The van der Waals surface area contributed by atoms with E-state index >= 15 is 0 Å². The molecule has 1 amide bonds. The number of nitrogens with zero attached hydrogens (tertiary/aromatic N) is 1. The normalized spacial score (nSPS) is 15.6. The summed E-state index contributed by atoms with van der Waals surface area (Å²) < 4.78 is 10.6. The lowest BCUT2D eigenvalue weighted by Crippen LogP contribution is -2.46. The van der Waals surface area contributed by atoms with E-state index in [1.807, 2.05) is 26.0 Å². The van der Waals surface area contributed by atoms with Gasteiger partial charge in [0.2, 0.25) is 0 Å². The predicted octanol–water partition coefficient (Wildman–Crippen LogP) is 3.09. The Balaban J connectivity index is 1.57. The van der Waals surface area contributed by atoms with Crippen LogP contribution < -0.4 is 5.32 Å². The Morgan fingerprint density at radius 2 is 1.96 bits per heavy atom. The molecule has 136 valence electrons. The fourth-order valence-electron chi connectivity index (χ4n) is 3.37. The number of aryl methyl sites for hydroxylation is 2. The first-order valence-corrected chi connectivity index (χ1v) is 8.78. The highest BCUT2D eigenvalue weighted by Crippen LogP contribution is 2.29. The fraction of sp³-hybridized carbons (Fsp3) is 0.450. The van der Waals surface area contributed by atoms with Crippen molar-refractivity contribution >= 4 is 22.8 Å². The Bertz CT molecular complexity index is 885. The molecule has 1 fully saturated rings. The van der Waals surface area contributed by atoms with E-state index in [1.165, 1.54) is 0 Å². The molecule has 1 aliphatic carbocycles. The number of esters is 1. The monoisotopic (exact) mass is 354 g/mol. The Kier molecular flexibility index (Phi) is 4.99. The zero-order valence-electron chi connectivity index (χ0n) is 15.1. The minimum atomic E-state index is -0.806. The molecule has 3 rings (SSSR count). The van der Waals surface area contributed by atoms with Crippen LogP contribution in [0, 0.1) is 25.2 Å². The second kappa shape index (κ2) is 7.20.